The van der Waals surface area contributed by atoms with E-state index in [9.17, 15) is 13.2 Å². The fourth-order valence-corrected chi connectivity index (χ4v) is 1.68. The highest BCUT2D eigenvalue weighted by atomic mass is 19.4. The zero-order valence-corrected chi connectivity index (χ0v) is 10.2. The molecule has 0 spiro atoms. The molecule has 0 aliphatic rings. The molecule has 1 N–H and O–H groups in total. The lowest BCUT2D eigenvalue weighted by molar-refractivity contribution is -0.137. The normalized spacial score (nSPS) is 11.2. The van der Waals surface area contributed by atoms with Crippen LogP contribution < -0.4 is 10.1 Å². The van der Waals surface area contributed by atoms with Crippen molar-refractivity contribution in [3.63, 3.8) is 0 Å². The maximum absolute atomic E-state index is 12.6. The second-order valence-corrected chi connectivity index (χ2v) is 3.90. The van der Waals surface area contributed by atoms with Gasteiger partial charge in [0, 0.05) is 5.69 Å². The first-order valence-corrected chi connectivity index (χ1v) is 5.58. The monoisotopic (exact) mass is 267 g/mol. The number of benzene rings is 2. The summed E-state index contributed by atoms with van der Waals surface area (Å²) in [6.07, 6.45) is -4.35. The van der Waals surface area contributed by atoms with E-state index in [-0.39, 0.29) is 0 Å². The molecule has 100 valence electrons. The summed E-state index contributed by atoms with van der Waals surface area (Å²) in [5.41, 5.74) is 0.288. The number of alkyl halides is 3. The van der Waals surface area contributed by atoms with E-state index < -0.39 is 11.7 Å². The molecule has 0 unspecified atom stereocenters. The van der Waals surface area contributed by atoms with E-state index in [0.717, 1.165) is 12.1 Å². The first-order chi connectivity index (χ1) is 9.00. The van der Waals surface area contributed by atoms with E-state index >= 15 is 0 Å². The van der Waals surface area contributed by atoms with E-state index in [1.54, 1.807) is 30.3 Å². The molecule has 0 aliphatic carbocycles. The van der Waals surface area contributed by atoms with Gasteiger partial charge in [0.25, 0.3) is 0 Å². The topological polar surface area (TPSA) is 21.3 Å². The van der Waals surface area contributed by atoms with Gasteiger partial charge < -0.3 is 10.1 Å². The third kappa shape index (κ3) is 3.19. The molecular formula is C14H12F3NO. The van der Waals surface area contributed by atoms with Gasteiger partial charge in [0.1, 0.15) is 5.75 Å². The summed E-state index contributed by atoms with van der Waals surface area (Å²) in [4.78, 5) is 0. The van der Waals surface area contributed by atoms with Crippen molar-refractivity contribution in [2.45, 2.75) is 6.18 Å². The average Bonchev–Trinajstić information content (AvgIpc) is 2.39. The zero-order chi connectivity index (χ0) is 13.9. The van der Waals surface area contributed by atoms with Gasteiger partial charge in [-0.15, -0.1) is 0 Å². The molecule has 0 bridgehead atoms. The number of nitrogens with one attached hydrogen (secondary N) is 1. The van der Waals surface area contributed by atoms with E-state index in [0.29, 0.717) is 17.1 Å². The van der Waals surface area contributed by atoms with Gasteiger partial charge in [0.15, 0.2) is 0 Å². The summed E-state index contributed by atoms with van der Waals surface area (Å²) in [6.45, 7) is 0. The molecule has 2 rings (SSSR count). The van der Waals surface area contributed by atoms with Crippen LogP contribution in [0.2, 0.25) is 0 Å². The van der Waals surface area contributed by atoms with Crippen LogP contribution in [0.15, 0.2) is 48.5 Å². The number of methoxy groups -OCH3 is 1. The minimum absolute atomic E-state index is 0.360. The van der Waals surface area contributed by atoms with Crippen molar-refractivity contribution in [2.75, 3.05) is 12.4 Å². The Balaban J connectivity index is 2.29. The third-order valence-corrected chi connectivity index (χ3v) is 2.58. The average molecular weight is 267 g/mol. The molecule has 2 nitrogen and oxygen atoms in total. The molecule has 0 atom stereocenters. The Kier molecular flexibility index (Phi) is 3.64. The first kappa shape index (κ1) is 13.3. The van der Waals surface area contributed by atoms with Crippen molar-refractivity contribution in [1.29, 1.82) is 0 Å². The highest BCUT2D eigenvalue weighted by Crippen LogP contribution is 2.32. The van der Waals surface area contributed by atoms with Gasteiger partial charge in [0.2, 0.25) is 0 Å². The Morgan fingerprint density at radius 3 is 2.42 bits per heavy atom. The molecule has 0 fully saturated rings. The van der Waals surface area contributed by atoms with E-state index in [1.165, 1.54) is 13.2 Å². The lowest BCUT2D eigenvalue weighted by Gasteiger charge is -2.12. The van der Waals surface area contributed by atoms with Crippen molar-refractivity contribution in [2.24, 2.45) is 0 Å². The minimum atomic E-state index is -4.35. The Hall–Kier alpha value is -2.17. The largest absolute Gasteiger partial charge is 0.495 e. The summed E-state index contributed by atoms with van der Waals surface area (Å²) in [5, 5.41) is 2.91. The molecule has 0 aromatic heterocycles. The summed E-state index contributed by atoms with van der Waals surface area (Å²) in [7, 11) is 1.51. The van der Waals surface area contributed by atoms with Crippen LogP contribution in [0.1, 0.15) is 5.56 Å². The molecule has 0 saturated carbocycles. The minimum Gasteiger partial charge on any atom is -0.495 e. The number of hydrogen-bond donors (Lipinski definition) is 1. The van der Waals surface area contributed by atoms with Crippen molar-refractivity contribution < 1.29 is 17.9 Å². The van der Waals surface area contributed by atoms with Crippen LogP contribution in [0.3, 0.4) is 0 Å². The van der Waals surface area contributed by atoms with Gasteiger partial charge in [-0.3, -0.25) is 0 Å². The second-order valence-electron chi connectivity index (χ2n) is 3.90. The highest BCUT2D eigenvalue weighted by molar-refractivity contribution is 5.66. The SMILES string of the molecule is COc1ccccc1Nc1cccc(C(F)(F)F)c1. The number of ether oxygens (including phenoxy) is 1. The lowest BCUT2D eigenvalue weighted by Crippen LogP contribution is -2.05. The van der Waals surface area contributed by atoms with Crippen LogP contribution in [0.4, 0.5) is 24.5 Å². The second kappa shape index (κ2) is 5.22. The van der Waals surface area contributed by atoms with Crippen LogP contribution in [0.25, 0.3) is 0 Å². The van der Waals surface area contributed by atoms with Crippen molar-refractivity contribution in [1.82, 2.24) is 0 Å². The Labute approximate surface area is 108 Å². The molecule has 0 amide bonds. The van der Waals surface area contributed by atoms with Gasteiger partial charge in [-0.25, -0.2) is 0 Å². The molecule has 0 heterocycles. The predicted molar refractivity (Wildman–Crippen MR) is 67.7 cm³/mol. The Morgan fingerprint density at radius 1 is 1.00 bits per heavy atom. The molecule has 0 radical (unpaired) electrons. The predicted octanol–water partition coefficient (Wildman–Crippen LogP) is 4.46. The molecule has 19 heavy (non-hydrogen) atoms. The smallest absolute Gasteiger partial charge is 0.416 e. The van der Waals surface area contributed by atoms with Crippen molar-refractivity contribution in [3.05, 3.63) is 54.1 Å². The quantitative estimate of drug-likeness (QED) is 0.886. The summed E-state index contributed by atoms with van der Waals surface area (Å²) >= 11 is 0. The van der Waals surface area contributed by atoms with E-state index in [1.807, 2.05) is 0 Å². The fourth-order valence-electron chi connectivity index (χ4n) is 1.68. The highest BCUT2D eigenvalue weighted by Gasteiger charge is 2.30. The summed E-state index contributed by atoms with van der Waals surface area (Å²) in [5.74, 6) is 0.569. The molecule has 0 aliphatic heterocycles. The molecule has 2 aromatic rings. The van der Waals surface area contributed by atoms with Gasteiger partial charge in [-0.05, 0) is 30.3 Å². The van der Waals surface area contributed by atoms with Crippen molar-refractivity contribution >= 4 is 11.4 Å². The number of para-hydroxylation sites is 2. The van der Waals surface area contributed by atoms with Gasteiger partial charge in [-0.1, -0.05) is 18.2 Å². The van der Waals surface area contributed by atoms with Crippen LogP contribution in [0, 0.1) is 0 Å². The number of halogens is 3. The standard InChI is InChI=1S/C14H12F3NO/c1-19-13-8-3-2-7-12(13)18-11-6-4-5-10(9-11)14(15,16)17/h2-9,18H,1H3. The van der Waals surface area contributed by atoms with Crippen LogP contribution in [-0.2, 0) is 6.18 Å². The van der Waals surface area contributed by atoms with Gasteiger partial charge in [-0.2, -0.15) is 13.2 Å². The lowest BCUT2D eigenvalue weighted by atomic mass is 10.2. The number of anilines is 2. The first-order valence-electron chi connectivity index (χ1n) is 5.58. The molecule has 5 heteroatoms. The Bertz CT molecular complexity index is 567. The maximum atomic E-state index is 12.6. The number of rotatable bonds is 3. The van der Waals surface area contributed by atoms with Crippen LogP contribution in [0.5, 0.6) is 5.75 Å². The zero-order valence-electron chi connectivity index (χ0n) is 10.2. The van der Waals surface area contributed by atoms with Crippen molar-refractivity contribution in [3.8, 4) is 5.75 Å². The number of hydrogen-bond acceptors (Lipinski definition) is 2. The molecular weight excluding hydrogens is 255 g/mol. The third-order valence-electron chi connectivity index (χ3n) is 2.58. The van der Waals surface area contributed by atoms with E-state index in [4.69, 9.17) is 4.74 Å². The Morgan fingerprint density at radius 2 is 1.74 bits per heavy atom. The van der Waals surface area contributed by atoms with E-state index in [2.05, 4.69) is 5.32 Å². The van der Waals surface area contributed by atoms with Crippen LogP contribution >= 0.6 is 0 Å². The van der Waals surface area contributed by atoms with Gasteiger partial charge in [0.05, 0.1) is 18.4 Å². The summed E-state index contributed by atoms with van der Waals surface area (Å²) < 4.78 is 42.9. The molecule has 0 saturated heterocycles. The van der Waals surface area contributed by atoms with Gasteiger partial charge >= 0.3 is 6.18 Å². The molecule has 2 aromatic carbocycles. The fraction of sp³-hybridized carbons (Fsp3) is 0.143. The maximum Gasteiger partial charge on any atom is 0.416 e. The van der Waals surface area contributed by atoms with Crippen LogP contribution in [-0.4, -0.2) is 7.11 Å². The summed E-state index contributed by atoms with van der Waals surface area (Å²) in [6, 6.07) is 12.1.